The number of rotatable bonds is 4. The molecule has 0 atom stereocenters. The van der Waals surface area contributed by atoms with E-state index in [0.717, 1.165) is 101 Å². The van der Waals surface area contributed by atoms with Crippen molar-refractivity contribution in [2.75, 3.05) is 79.7 Å². The van der Waals surface area contributed by atoms with Gasteiger partial charge in [0.2, 0.25) is 0 Å². The number of aliphatic hydroxyl groups is 1. The Balaban J connectivity index is 0.000000154. The van der Waals surface area contributed by atoms with Gasteiger partial charge in [-0.3, -0.25) is 4.79 Å². The summed E-state index contributed by atoms with van der Waals surface area (Å²) in [5.74, 6) is -2.06. The first-order valence-corrected chi connectivity index (χ1v) is 24.8. The van der Waals surface area contributed by atoms with Gasteiger partial charge < -0.3 is 49.2 Å². The number of nitrogens with zero attached hydrogens (tertiary/aromatic N) is 4. The first-order valence-electron chi connectivity index (χ1n) is 24.0. The van der Waals surface area contributed by atoms with E-state index in [4.69, 9.17) is 34.4 Å². The summed E-state index contributed by atoms with van der Waals surface area (Å²) < 4.78 is 61.4. The molecule has 4 fully saturated rings. The van der Waals surface area contributed by atoms with E-state index >= 15 is 0 Å². The summed E-state index contributed by atoms with van der Waals surface area (Å²) in [5, 5.41) is 29.4. The number of ether oxygens (including phenoxy) is 4. The van der Waals surface area contributed by atoms with Crippen LogP contribution in [0, 0.1) is 28.9 Å². The van der Waals surface area contributed by atoms with Gasteiger partial charge in [-0.05, 0) is 116 Å². The van der Waals surface area contributed by atoms with Crippen LogP contribution >= 0.6 is 15.9 Å². The molecule has 20 heteroatoms. The predicted molar refractivity (Wildman–Crippen MR) is 268 cm³/mol. The van der Waals surface area contributed by atoms with Crippen molar-refractivity contribution in [3.05, 3.63) is 134 Å². The van der Waals surface area contributed by atoms with Gasteiger partial charge in [-0.25, -0.2) is 32.3 Å². The molecule has 11 rings (SSSR count). The monoisotopic (exact) mass is 1090 g/mol. The van der Waals surface area contributed by atoms with Crippen molar-refractivity contribution >= 4 is 45.6 Å². The molecule has 4 aromatic carbocycles. The Labute approximate surface area is 436 Å². The number of carbonyl (C=O) groups is 5. The minimum absolute atomic E-state index is 0. The quantitative estimate of drug-likeness (QED) is 0.102. The van der Waals surface area contributed by atoms with Crippen molar-refractivity contribution < 1.29 is 66.3 Å². The number of likely N-dealkylation sites (tertiary alicyclic amines) is 3. The Morgan fingerprint density at radius 2 is 1.11 bits per heavy atom. The summed E-state index contributed by atoms with van der Waals surface area (Å²) in [6.45, 7) is 6.61. The minimum Gasteiger partial charge on any atom is -0.491 e. The van der Waals surface area contributed by atoms with Crippen LogP contribution < -0.4 is 10.1 Å². The van der Waals surface area contributed by atoms with Crippen LogP contribution in [0.2, 0.25) is 0 Å². The molecule has 7 aliphatic rings. The zero-order valence-corrected chi connectivity index (χ0v) is 42.1. The minimum atomic E-state index is -1.07. The molecule has 0 aromatic heterocycles. The fourth-order valence-corrected chi connectivity index (χ4v) is 10.3. The van der Waals surface area contributed by atoms with Gasteiger partial charge in [0.25, 0.3) is 0 Å². The number of piperidine rings is 4. The van der Waals surface area contributed by atoms with Gasteiger partial charge in [-0.15, -0.1) is 0 Å². The lowest BCUT2D eigenvalue weighted by Crippen LogP contribution is -2.41. The zero-order valence-electron chi connectivity index (χ0n) is 40.5. The van der Waals surface area contributed by atoms with Gasteiger partial charge in [0.15, 0.2) is 6.19 Å². The second kappa shape index (κ2) is 24.8. The van der Waals surface area contributed by atoms with Gasteiger partial charge in [-0.2, -0.15) is 5.26 Å². The highest BCUT2D eigenvalue weighted by Crippen LogP contribution is 2.46. The Hall–Kier alpha value is -6.37. The van der Waals surface area contributed by atoms with Gasteiger partial charge in [-0.1, -0.05) is 7.43 Å². The molecule has 7 aliphatic heterocycles. The first kappa shape index (κ1) is 56.9. The zero-order chi connectivity index (χ0) is 52.5. The molecule has 16 nitrogen and oxygen atoms in total. The van der Waals surface area contributed by atoms with Crippen molar-refractivity contribution in [1.29, 1.82) is 5.26 Å². The molecule has 0 aliphatic carbocycles. The third-order valence-corrected chi connectivity index (χ3v) is 14.6. The number of hydrogen-bond acceptors (Lipinski definition) is 15. The van der Waals surface area contributed by atoms with E-state index in [1.165, 1.54) is 42.5 Å². The average Bonchev–Trinajstić information content (AvgIpc) is 3.91. The lowest BCUT2D eigenvalue weighted by molar-refractivity contribution is -0.121. The number of benzene rings is 4. The lowest BCUT2D eigenvalue weighted by Gasteiger charge is -2.36. The van der Waals surface area contributed by atoms with Crippen LogP contribution in [0.25, 0.3) is 0 Å². The van der Waals surface area contributed by atoms with E-state index in [1.54, 1.807) is 17.0 Å². The number of nitrogens with one attached hydrogen (secondary N) is 1. The normalized spacial score (nSPS) is 19.4. The van der Waals surface area contributed by atoms with Crippen LogP contribution in [0.4, 0.5) is 13.2 Å². The molecular weight excluding hydrogens is 1030 g/mol. The third-order valence-electron chi connectivity index (χ3n) is 13.9. The van der Waals surface area contributed by atoms with Crippen molar-refractivity contribution in [3.63, 3.8) is 0 Å². The van der Waals surface area contributed by atoms with E-state index in [0.29, 0.717) is 59.7 Å². The standard InChI is InChI=1S/C14H17NO4.C13H11FN2O2.C13H14FNO2.C7H4BrFO2.C6H11NO.CH4/c16-7-8-18-10-1-2-11-12(9-10)14(19-13(11)17)3-5-15-6-4-14;14-9-1-2-10-11(7-9)13(18-12(10)17)3-5-16(8-15)6-4-13;1-15-6-4-13(5-7-15)11-8-9(14)2-3-10(11)12(16)17-13;8-6-3-4(9)1-2-5(6)7(10)11;1-7-4-2-6(8)3-5-7;/h1-2,9,15-16H,3-8H2;1-2,7H,3-6H2;2-3,8H,4-7H2,1H3;1-3H,(H,10,11);2-5H2,1H3;1H4. The number of aromatic carboxylic acids is 1. The van der Waals surface area contributed by atoms with Gasteiger partial charge >= 0.3 is 23.9 Å². The third kappa shape index (κ3) is 13.1. The number of hydrogen-bond donors (Lipinski definition) is 3. The summed E-state index contributed by atoms with van der Waals surface area (Å²) in [6.07, 6.45) is 7.71. The molecule has 4 aromatic rings. The van der Waals surface area contributed by atoms with Crippen molar-refractivity contribution in [2.45, 2.75) is 75.6 Å². The summed E-state index contributed by atoms with van der Waals surface area (Å²) >= 11 is 2.93. The van der Waals surface area contributed by atoms with E-state index in [1.807, 2.05) is 20.2 Å². The number of aliphatic hydroxyl groups excluding tert-OH is 1. The Bertz CT molecular complexity index is 2740. The number of carbonyl (C=O) groups excluding carboxylic acids is 4. The van der Waals surface area contributed by atoms with Crippen molar-refractivity contribution in [1.82, 2.24) is 20.0 Å². The molecule has 0 radical (unpaired) electrons. The van der Waals surface area contributed by atoms with Crippen LogP contribution in [0.15, 0.2) is 77.3 Å². The molecule has 3 spiro atoms. The topological polar surface area (TPSA) is 208 Å². The second-order valence-electron chi connectivity index (χ2n) is 18.7. The number of carboxylic acids is 1. The molecule has 0 unspecified atom stereocenters. The number of halogens is 4. The highest BCUT2D eigenvalue weighted by Gasteiger charge is 2.49. The van der Waals surface area contributed by atoms with E-state index < -0.39 is 34.6 Å². The summed E-state index contributed by atoms with van der Waals surface area (Å²) in [6, 6.07) is 17.2. The molecule has 4 saturated heterocycles. The number of carboxylic acid groups (broad SMARTS) is 1. The fraction of sp³-hybridized carbons (Fsp3) is 0.444. The predicted octanol–water partition coefficient (Wildman–Crippen LogP) is 7.70. The highest BCUT2D eigenvalue weighted by molar-refractivity contribution is 9.10. The summed E-state index contributed by atoms with van der Waals surface area (Å²) in [7, 11) is 4.09. The lowest BCUT2D eigenvalue weighted by atomic mass is 9.84. The Morgan fingerprint density at radius 1 is 0.676 bits per heavy atom. The molecule has 74 heavy (non-hydrogen) atoms. The van der Waals surface area contributed by atoms with E-state index in [9.17, 15) is 37.1 Å². The number of esters is 3. The molecule has 396 valence electrons. The smallest absolute Gasteiger partial charge is 0.339 e. The largest absolute Gasteiger partial charge is 0.491 e. The Kier molecular flexibility index (Phi) is 19.1. The summed E-state index contributed by atoms with van der Waals surface area (Å²) in [4.78, 5) is 62.4. The molecular formula is C54H61BrF3N5O11. The Morgan fingerprint density at radius 3 is 1.57 bits per heavy atom. The first-order chi connectivity index (χ1) is 34.9. The number of nitriles is 1. The van der Waals surface area contributed by atoms with Crippen LogP contribution in [0.1, 0.15) is 117 Å². The van der Waals surface area contributed by atoms with E-state index in [2.05, 4.69) is 37.2 Å². The van der Waals surface area contributed by atoms with E-state index in [-0.39, 0.29) is 54.2 Å². The molecule has 0 saturated carbocycles. The van der Waals surface area contributed by atoms with Crippen LogP contribution in [0.5, 0.6) is 5.75 Å². The SMILES string of the molecule is C.CN1CCC(=O)CC1.CN1CCC2(CC1)OC(=O)c1ccc(F)cc12.N#CN1CCC2(CC1)OC(=O)c1ccc(F)cc12.O=C(O)c1ccc(F)cc1Br.O=C1OC2(CCNCC2)c2cc(OCCO)ccc21. The van der Waals surface area contributed by atoms with Crippen LogP contribution in [0.3, 0.4) is 0 Å². The molecule has 0 bridgehead atoms. The molecule has 7 heterocycles. The van der Waals surface area contributed by atoms with Gasteiger partial charge in [0, 0.05) is 112 Å². The van der Waals surface area contributed by atoms with Crippen LogP contribution in [-0.4, -0.2) is 134 Å². The average molecular weight is 1090 g/mol. The summed E-state index contributed by atoms with van der Waals surface area (Å²) in [5.41, 5.74) is 2.15. The molecule has 3 N–H and O–H groups in total. The number of fused-ring (bicyclic) bond motifs is 6. The second-order valence-corrected chi connectivity index (χ2v) is 19.6. The molecule has 0 amide bonds. The maximum Gasteiger partial charge on any atom is 0.339 e. The van der Waals surface area contributed by atoms with Gasteiger partial charge in [0.05, 0.1) is 28.9 Å². The maximum atomic E-state index is 13.3. The van der Waals surface area contributed by atoms with Crippen molar-refractivity contribution in [2.24, 2.45) is 0 Å². The fourth-order valence-electron chi connectivity index (χ4n) is 9.76. The number of ketones is 1. The number of Topliss-reactive ketones (excluding diaryl/α,β-unsaturated/α-hetero) is 1. The highest BCUT2D eigenvalue weighted by atomic mass is 79.9. The van der Waals surface area contributed by atoms with Crippen LogP contribution in [-0.2, 0) is 35.8 Å². The van der Waals surface area contributed by atoms with Crippen molar-refractivity contribution in [3.8, 4) is 11.9 Å². The van der Waals surface area contributed by atoms with Gasteiger partial charge in [0.1, 0.15) is 52.4 Å². The maximum absolute atomic E-state index is 13.3.